The molecule has 220 valence electrons. The summed E-state index contributed by atoms with van der Waals surface area (Å²) >= 11 is 0. The number of nitrogens with one attached hydrogen (secondary N) is 1. The van der Waals surface area contributed by atoms with Gasteiger partial charge in [0.1, 0.15) is 5.67 Å². The summed E-state index contributed by atoms with van der Waals surface area (Å²) in [6.07, 6.45) is 22.6. The maximum absolute atomic E-state index is 14.6. The number of hydrogen-bond acceptors (Lipinski definition) is 1. The van der Waals surface area contributed by atoms with Crippen molar-refractivity contribution in [2.24, 2.45) is 51.8 Å². The minimum atomic E-state index is -1.00. The molecule has 0 aromatic rings. The van der Waals surface area contributed by atoms with Gasteiger partial charge in [-0.25, -0.2) is 4.39 Å². The van der Waals surface area contributed by atoms with Gasteiger partial charge in [-0.05, 0) is 160 Å². The first kappa shape index (κ1) is 28.5. The molecule has 4 fully saturated rings. The fourth-order valence-corrected chi connectivity index (χ4v) is 12.3. The molecule has 6 rings (SSSR count). The van der Waals surface area contributed by atoms with Crippen molar-refractivity contribution in [2.45, 2.75) is 150 Å². The minimum Gasteiger partial charge on any atom is -0.311 e. The van der Waals surface area contributed by atoms with E-state index in [0.717, 1.165) is 36.0 Å². The van der Waals surface area contributed by atoms with Crippen molar-refractivity contribution in [3.05, 3.63) is 23.3 Å². The SMILES string of the molecule is CC(C)CCNC12CCCC1C1CCC3C(C)(CCC4C(C)C(C5=CCC(C)(F)CC5)=CC[C@@]43C)[C@]1(C)CC2. The van der Waals surface area contributed by atoms with Crippen LogP contribution in [0.15, 0.2) is 23.3 Å². The number of alkyl halides is 1. The van der Waals surface area contributed by atoms with E-state index in [1.807, 2.05) is 0 Å². The maximum atomic E-state index is 14.6. The van der Waals surface area contributed by atoms with Crippen molar-refractivity contribution in [3.63, 3.8) is 0 Å². The summed E-state index contributed by atoms with van der Waals surface area (Å²) in [6.45, 7) is 18.5. The predicted octanol–water partition coefficient (Wildman–Crippen LogP) is 10.2. The van der Waals surface area contributed by atoms with E-state index in [9.17, 15) is 4.39 Å². The van der Waals surface area contributed by atoms with Gasteiger partial charge in [-0.15, -0.1) is 0 Å². The van der Waals surface area contributed by atoms with Gasteiger partial charge in [0.25, 0.3) is 0 Å². The first-order valence-electron chi connectivity index (χ1n) is 17.2. The summed E-state index contributed by atoms with van der Waals surface area (Å²) in [5, 5.41) is 4.23. The van der Waals surface area contributed by atoms with E-state index >= 15 is 0 Å². The summed E-state index contributed by atoms with van der Waals surface area (Å²) in [5.74, 6) is 4.82. The van der Waals surface area contributed by atoms with E-state index in [1.54, 1.807) is 12.5 Å². The number of allylic oxidation sites excluding steroid dienone is 4. The van der Waals surface area contributed by atoms with Crippen LogP contribution in [0.5, 0.6) is 0 Å². The predicted molar refractivity (Wildman–Crippen MR) is 163 cm³/mol. The lowest BCUT2D eigenvalue weighted by Gasteiger charge is -2.71. The Bertz CT molecular complexity index is 1010. The topological polar surface area (TPSA) is 12.0 Å². The molecule has 39 heavy (non-hydrogen) atoms. The van der Waals surface area contributed by atoms with Crippen LogP contribution in [0, 0.1) is 51.8 Å². The number of hydrogen-bond donors (Lipinski definition) is 1. The first-order valence-corrected chi connectivity index (χ1v) is 17.2. The Morgan fingerprint density at radius 1 is 0.846 bits per heavy atom. The van der Waals surface area contributed by atoms with Gasteiger partial charge in [0, 0.05) is 5.54 Å². The number of halogens is 1. The molecule has 0 saturated heterocycles. The molecule has 8 unspecified atom stereocenters. The van der Waals surface area contributed by atoms with Gasteiger partial charge in [-0.1, -0.05) is 60.1 Å². The molecular formula is C37H60FN. The molecule has 1 nitrogen and oxygen atoms in total. The van der Waals surface area contributed by atoms with Gasteiger partial charge >= 0.3 is 0 Å². The highest BCUT2D eigenvalue weighted by Gasteiger charge is 2.68. The number of rotatable bonds is 5. The van der Waals surface area contributed by atoms with E-state index in [1.165, 1.54) is 82.7 Å². The highest BCUT2D eigenvalue weighted by atomic mass is 19.1. The van der Waals surface area contributed by atoms with E-state index in [-0.39, 0.29) is 0 Å². The van der Waals surface area contributed by atoms with Crippen LogP contribution >= 0.6 is 0 Å². The van der Waals surface area contributed by atoms with Gasteiger partial charge in [-0.2, -0.15) is 0 Å². The summed E-state index contributed by atoms with van der Waals surface area (Å²) in [4.78, 5) is 0. The van der Waals surface area contributed by atoms with Crippen molar-refractivity contribution in [3.8, 4) is 0 Å². The Morgan fingerprint density at radius 3 is 2.36 bits per heavy atom. The quantitative estimate of drug-likeness (QED) is 0.368. The molecule has 6 aliphatic carbocycles. The van der Waals surface area contributed by atoms with Crippen LogP contribution in [0.25, 0.3) is 0 Å². The molecule has 0 heterocycles. The zero-order valence-electron chi connectivity index (χ0n) is 26.6. The molecule has 0 aliphatic heterocycles. The second-order valence-electron chi connectivity index (χ2n) is 17.0. The molecule has 10 atom stereocenters. The minimum absolute atomic E-state index is 0.410. The molecule has 0 aromatic heterocycles. The fraction of sp³-hybridized carbons (Fsp3) is 0.892. The normalized spacial score (nSPS) is 51.4. The Morgan fingerprint density at radius 2 is 1.64 bits per heavy atom. The second kappa shape index (κ2) is 9.70. The van der Waals surface area contributed by atoms with Gasteiger partial charge in [0.15, 0.2) is 0 Å². The number of fused-ring (bicyclic) bond motifs is 7. The van der Waals surface area contributed by atoms with E-state index in [4.69, 9.17) is 0 Å². The third-order valence-corrected chi connectivity index (χ3v) is 14.8. The molecule has 0 aromatic carbocycles. The van der Waals surface area contributed by atoms with Crippen molar-refractivity contribution in [1.82, 2.24) is 5.32 Å². The lowest BCUT2D eigenvalue weighted by atomic mass is 9.34. The van der Waals surface area contributed by atoms with Gasteiger partial charge in [0.05, 0.1) is 0 Å². The molecule has 4 saturated carbocycles. The molecule has 0 spiro atoms. The lowest BCUT2D eigenvalue weighted by Crippen LogP contribution is -2.67. The monoisotopic (exact) mass is 537 g/mol. The van der Waals surface area contributed by atoms with Crippen LogP contribution < -0.4 is 5.32 Å². The van der Waals surface area contributed by atoms with Crippen LogP contribution in [0.3, 0.4) is 0 Å². The van der Waals surface area contributed by atoms with Crippen LogP contribution in [0.4, 0.5) is 4.39 Å². The zero-order chi connectivity index (χ0) is 27.8. The van der Waals surface area contributed by atoms with Gasteiger partial charge < -0.3 is 5.32 Å². The molecular weight excluding hydrogens is 477 g/mol. The first-order chi connectivity index (χ1) is 18.4. The Balaban J connectivity index is 1.25. The fourth-order valence-electron chi connectivity index (χ4n) is 12.3. The second-order valence-corrected chi connectivity index (χ2v) is 17.0. The van der Waals surface area contributed by atoms with Gasteiger partial charge in [0.2, 0.25) is 0 Å². The smallest absolute Gasteiger partial charge is 0.112 e. The zero-order valence-corrected chi connectivity index (χ0v) is 26.6. The molecule has 1 N–H and O–H groups in total. The molecule has 0 amide bonds. The maximum Gasteiger partial charge on any atom is 0.112 e. The molecule has 0 radical (unpaired) electrons. The van der Waals surface area contributed by atoms with Crippen molar-refractivity contribution >= 4 is 0 Å². The van der Waals surface area contributed by atoms with Crippen molar-refractivity contribution in [2.75, 3.05) is 6.54 Å². The average molecular weight is 538 g/mol. The Kier molecular flexibility index (Phi) is 7.09. The van der Waals surface area contributed by atoms with Crippen molar-refractivity contribution < 1.29 is 4.39 Å². The summed E-state index contributed by atoms with van der Waals surface area (Å²) in [7, 11) is 0. The largest absolute Gasteiger partial charge is 0.311 e. The summed E-state index contributed by atoms with van der Waals surface area (Å²) in [6, 6.07) is 0. The molecule has 0 bridgehead atoms. The Hall–Kier alpha value is -0.630. The Labute approximate surface area is 240 Å². The standard InChI is InChI=1S/C37H60FN/c1-25(2)16-24-39-37-17-8-9-31(37)30-10-11-32-34(5)20-14-28(27-12-18-33(4,38)19-13-27)26(3)29(34)15-21-36(32,7)35(30,6)22-23-37/h12,14,25-26,29-32,39H,8-11,13,15-24H2,1-7H3/t26?,29?,30?,31?,32?,33?,34-,35+,36?,37?/m0/s1. The van der Waals surface area contributed by atoms with E-state index in [0.29, 0.717) is 40.5 Å². The van der Waals surface area contributed by atoms with E-state index < -0.39 is 5.67 Å². The summed E-state index contributed by atoms with van der Waals surface area (Å²) < 4.78 is 14.6. The average Bonchev–Trinajstić information content (AvgIpc) is 3.29. The highest BCUT2D eigenvalue weighted by Crippen LogP contribution is 2.75. The van der Waals surface area contributed by atoms with Gasteiger partial charge in [-0.3, -0.25) is 0 Å². The van der Waals surface area contributed by atoms with E-state index in [2.05, 4.69) is 59.0 Å². The summed E-state index contributed by atoms with van der Waals surface area (Å²) in [5.41, 5.74) is 3.86. The van der Waals surface area contributed by atoms with Crippen LogP contribution in [-0.4, -0.2) is 17.8 Å². The van der Waals surface area contributed by atoms with Crippen LogP contribution in [0.1, 0.15) is 138 Å². The molecule has 2 heteroatoms. The van der Waals surface area contributed by atoms with Crippen LogP contribution in [-0.2, 0) is 0 Å². The third kappa shape index (κ3) is 4.29. The third-order valence-electron chi connectivity index (χ3n) is 14.8. The lowest BCUT2D eigenvalue weighted by molar-refractivity contribution is -0.212. The highest BCUT2D eigenvalue weighted by molar-refractivity contribution is 5.38. The van der Waals surface area contributed by atoms with Crippen molar-refractivity contribution in [1.29, 1.82) is 0 Å². The molecule has 6 aliphatic rings. The van der Waals surface area contributed by atoms with Crippen LogP contribution in [0.2, 0.25) is 0 Å².